The number of thioether (sulfide) groups is 1. The Bertz CT molecular complexity index is 692. The van der Waals surface area contributed by atoms with Crippen molar-refractivity contribution in [3.63, 3.8) is 0 Å². The lowest BCUT2D eigenvalue weighted by atomic mass is 9.95. The summed E-state index contributed by atoms with van der Waals surface area (Å²) in [6.45, 7) is 4.74. The number of aromatic nitrogens is 3. The SMILES string of the molecule is CCCNC(=O)C(C)Sc1nnc(Cc2cccs2)n1C1CCCCC1. The molecule has 1 saturated carbocycles. The zero-order valence-corrected chi connectivity index (χ0v) is 17.2. The molecule has 0 spiro atoms. The Balaban J connectivity index is 1.79. The van der Waals surface area contributed by atoms with E-state index in [2.05, 4.69) is 44.5 Å². The summed E-state index contributed by atoms with van der Waals surface area (Å²) in [5.41, 5.74) is 0. The first kappa shape index (κ1) is 19.4. The van der Waals surface area contributed by atoms with Crippen LogP contribution < -0.4 is 5.32 Å². The van der Waals surface area contributed by atoms with Gasteiger partial charge in [0.2, 0.25) is 5.91 Å². The minimum atomic E-state index is -0.164. The first-order valence-corrected chi connectivity index (χ1v) is 11.4. The summed E-state index contributed by atoms with van der Waals surface area (Å²) in [5, 5.41) is 14.8. The summed E-state index contributed by atoms with van der Waals surface area (Å²) < 4.78 is 2.33. The molecule has 1 aliphatic carbocycles. The fourth-order valence-corrected chi connectivity index (χ4v) is 5.05. The summed E-state index contributed by atoms with van der Waals surface area (Å²) in [6, 6.07) is 4.69. The number of hydrogen-bond acceptors (Lipinski definition) is 5. The Morgan fingerprint density at radius 1 is 1.38 bits per heavy atom. The Hall–Kier alpha value is -1.34. The Morgan fingerprint density at radius 3 is 2.88 bits per heavy atom. The first-order valence-electron chi connectivity index (χ1n) is 9.59. The molecule has 7 heteroatoms. The molecule has 2 aromatic heterocycles. The highest BCUT2D eigenvalue weighted by molar-refractivity contribution is 8.00. The molecule has 1 atom stereocenters. The van der Waals surface area contributed by atoms with Crippen LogP contribution in [-0.2, 0) is 11.2 Å². The van der Waals surface area contributed by atoms with Crippen LogP contribution in [0.4, 0.5) is 0 Å². The molecule has 26 heavy (non-hydrogen) atoms. The minimum absolute atomic E-state index is 0.0786. The van der Waals surface area contributed by atoms with Crippen LogP contribution in [0.1, 0.15) is 69.1 Å². The topological polar surface area (TPSA) is 59.8 Å². The van der Waals surface area contributed by atoms with Gasteiger partial charge in [0.1, 0.15) is 5.82 Å². The lowest BCUT2D eigenvalue weighted by Gasteiger charge is -2.26. The van der Waals surface area contributed by atoms with E-state index in [9.17, 15) is 4.79 Å². The third-order valence-electron chi connectivity index (χ3n) is 4.79. The van der Waals surface area contributed by atoms with Crippen molar-refractivity contribution < 1.29 is 4.79 Å². The molecule has 2 heterocycles. The highest BCUT2D eigenvalue weighted by atomic mass is 32.2. The Labute approximate surface area is 164 Å². The summed E-state index contributed by atoms with van der Waals surface area (Å²) in [6.07, 6.45) is 7.97. The van der Waals surface area contributed by atoms with Crippen LogP contribution in [0.15, 0.2) is 22.7 Å². The molecule has 0 saturated heterocycles. The molecule has 142 valence electrons. The van der Waals surface area contributed by atoms with Gasteiger partial charge in [-0.05, 0) is 37.6 Å². The van der Waals surface area contributed by atoms with Crippen molar-refractivity contribution in [2.75, 3.05) is 6.54 Å². The summed E-state index contributed by atoms with van der Waals surface area (Å²) >= 11 is 3.29. The average Bonchev–Trinajstić information content (AvgIpc) is 3.31. The van der Waals surface area contributed by atoms with Gasteiger partial charge < -0.3 is 9.88 Å². The van der Waals surface area contributed by atoms with E-state index in [1.165, 1.54) is 48.7 Å². The summed E-state index contributed by atoms with van der Waals surface area (Å²) in [5.74, 6) is 1.11. The molecule has 1 fully saturated rings. The number of carbonyl (C=O) groups excluding carboxylic acids is 1. The number of nitrogens with zero attached hydrogens (tertiary/aromatic N) is 3. The van der Waals surface area contributed by atoms with Gasteiger partial charge in [-0.3, -0.25) is 4.79 Å². The quantitative estimate of drug-likeness (QED) is 0.675. The lowest BCUT2D eigenvalue weighted by Crippen LogP contribution is -2.31. The van der Waals surface area contributed by atoms with Crippen LogP contribution in [0, 0.1) is 0 Å². The highest BCUT2D eigenvalue weighted by Gasteiger charge is 2.25. The molecule has 0 bridgehead atoms. The maximum atomic E-state index is 12.3. The molecule has 0 aliphatic heterocycles. The van der Waals surface area contributed by atoms with Gasteiger partial charge in [0.25, 0.3) is 0 Å². The zero-order valence-electron chi connectivity index (χ0n) is 15.6. The fraction of sp³-hybridized carbons (Fsp3) is 0.632. The molecule has 1 unspecified atom stereocenters. The molecular weight excluding hydrogens is 364 g/mol. The van der Waals surface area contributed by atoms with Crippen LogP contribution in [-0.4, -0.2) is 32.5 Å². The van der Waals surface area contributed by atoms with E-state index in [4.69, 9.17) is 0 Å². The van der Waals surface area contributed by atoms with E-state index in [1.807, 2.05) is 6.92 Å². The van der Waals surface area contributed by atoms with Crippen molar-refractivity contribution in [3.05, 3.63) is 28.2 Å². The molecule has 5 nitrogen and oxygen atoms in total. The van der Waals surface area contributed by atoms with Crippen molar-refractivity contribution in [2.45, 2.75) is 75.2 Å². The van der Waals surface area contributed by atoms with E-state index in [-0.39, 0.29) is 11.2 Å². The van der Waals surface area contributed by atoms with Crippen LogP contribution in [0.25, 0.3) is 0 Å². The van der Waals surface area contributed by atoms with Crippen molar-refractivity contribution in [1.82, 2.24) is 20.1 Å². The molecular formula is C19H28N4OS2. The van der Waals surface area contributed by atoms with Gasteiger partial charge in [0.05, 0.1) is 5.25 Å². The number of hydrogen-bond donors (Lipinski definition) is 1. The van der Waals surface area contributed by atoms with E-state index >= 15 is 0 Å². The van der Waals surface area contributed by atoms with Gasteiger partial charge in [-0.25, -0.2) is 0 Å². The summed E-state index contributed by atoms with van der Waals surface area (Å²) in [7, 11) is 0. The average molecular weight is 393 g/mol. The van der Waals surface area contributed by atoms with Crippen molar-refractivity contribution >= 4 is 29.0 Å². The second kappa shape index (κ2) is 9.55. The lowest BCUT2D eigenvalue weighted by molar-refractivity contribution is -0.120. The molecule has 1 N–H and O–H groups in total. The molecule has 1 amide bonds. The molecule has 0 aromatic carbocycles. The second-order valence-electron chi connectivity index (χ2n) is 6.87. The van der Waals surface area contributed by atoms with Crippen molar-refractivity contribution in [3.8, 4) is 0 Å². The van der Waals surface area contributed by atoms with Crippen LogP contribution in [0.5, 0.6) is 0 Å². The van der Waals surface area contributed by atoms with Gasteiger partial charge >= 0.3 is 0 Å². The fourth-order valence-electron chi connectivity index (χ4n) is 3.39. The third-order valence-corrected chi connectivity index (χ3v) is 6.72. The first-order chi connectivity index (χ1) is 12.7. The minimum Gasteiger partial charge on any atom is -0.355 e. The number of thiophene rings is 1. The molecule has 2 aromatic rings. The van der Waals surface area contributed by atoms with Gasteiger partial charge in [0.15, 0.2) is 5.16 Å². The molecule has 3 rings (SSSR count). The predicted octanol–water partition coefficient (Wildman–Crippen LogP) is 4.44. The third kappa shape index (κ3) is 4.88. The number of carbonyl (C=O) groups is 1. The molecule has 1 aliphatic rings. The number of nitrogens with one attached hydrogen (secondary N) is 1. The van der Waals surface area contributed by atoms with Gasteiger partial charge in [0, 0.05) is 23.9 Å². The van der Waals surface area contributed by atoms with Gasteiger partial charge in [-0.1, -0.05) is 44.0 Å². The van der Waals surface area contributed by atoms with Crippen molar-refractivity contribution in [2.24, 2.45) is 0 Å². The smallest absolute Gasteiger partial charge is 0.233 e. The number of rotatable bonds is 8. The normalized spacial score (nSPS) is 16.5. The largest absolute Gasteiger partial charge is 0.355 e. The van der Waals surface area contributed by atoms with Crippen LogP contribution >= 0.6 is 23.1 Å². The van der Waals surface area contributed by atoms with E-state index in [0.717, 1.165) is 30.4 Å². The van der Waals surface area contributed by atoms with Crippen molar-refractivity contribution in [1.29, 1.82) is 0 Å². The predicted molar refractivity (Wildman–Crippen MR) is 108 cm³/mol. The molecule has 0 radical (unpaired) electrons. The standard InChI is InChI=1S/C19H28N4OS2/c1-3-11-20-18(24)14(2)26-19-22-21-17(13-16-10-7-12-25-16)23(19)15-8-5-4-6-9-15/h7,10,12,14-15H,3-6,8-9,11,13H2,1-2H3,(H,20,24). The van der Waals surface area contributed by atoms with E-state index in [0.29, 0.717) is 6.04 Å². The Morgan fingerprint density at radius 2 is 2.19 bits per heavy atom. The van der Waals surface area contributed by atoms with E-state index in [1.54, 1.807) is 11.3 Å². The van der Waals surface area contributed by atoms with Crippen LogP contribution in [0.3, 0.4) is 0 Å². The summed E-state index contributed by atoms with van der Waals surface area (Å²) in [4.78, 5) is 13.6. The maximum absolute atomic E-state index is 12.3. The van der Waals surface area contributed by atoms with E-state index < -0.39 is 0 Å². The Kier molecular flexibility index (Phi) is 7.14. The zero-order chi connectivity index (χ0) is 18.4. The maximum Gasteiger partial charge on any atom is 0.233 e. The monoisotopic (exact) mass is 392 g/mol. The second-order valence-corrected chi connectivity index (χ2v) is 9.21. The van der Waals surface area contributed by atoms with Crippen LogP contribution in [0.2, 0.25) is 0 Å². The van der Waals surface area contributed by atoms with Gasteiger partial charge in [-0.15, -0.1) is 21.5 Å². The number of amides is 1. The van der Waals surface area contributed by atoms with Gasteiger partial charge in [-0.2, -0.15) is 0 Å². The highest BCUT2D eigenvalue weighted by Crippen LogP contribution is 2.34.